The Morgan fingerprint density at radius 2 is 2.25 bits per heavy atom. The van der Waals surface area contributed by atoms with E-state index in [0.717, 1.165) is 12.2 Å². The second-order valence-electron chi connectivity index (χ2n) is 3.63. The van der Waals surface area contributed by atoms with E-state index in [1.165, 1.54) is 11.1 Å². The molecule has 0 aliphatic rings. The summed E-state index contributed by atoms with van der Waals surface area (Å²) >= 11 is 1.72. The first-order chi connectivity index (χ1) is 7.79. The number of rotatable bonds is 3. The Morgan fingerprint density at radius 1 is 1.38 bits per heavy atom. The van der Waals surface area contributed by atoms with Crippen LogP contribution >= 0.6 is 11.3 Å². The number of nitriles is 1. The molecular formula is C13H12N2S. The third kappa shape index (κ3) is 2.41. The van der Waals surface area contributed by atoms with Crippen molar-refractivity contribution in [3.8, 4) is 6.07 Å². The number of anilines is 1. The fourth-order valence-corrected chi connectivity index (χ4v) is 2.32. The van der Waals surface area contributed by atoms with Gasteiger partial charge in [-0.15, -0.1) is 0 Å². The third-order valence-corrected chi connectivity index (χ3v) is 3.35. The van der Waals surface area contributed by atoms with Gasteiger partial charge in [0.25, 0.3) is 0 Å². The number of hydrogen-bond donors (Lipinski definition) is 1. The van der Waals surface area contributed by atoms with Crippen LogP contribution in [-0.4, -0.2) is 0 Å². The molecule has 0 atom stereocenters. The average molecular weight is 228 g/mol. The van der Waals surface area contributed by atoms with Crippen LogP contribution in [0.1, 0.15) is 16.7 Å². The summed E-state index contributed by atoms with van der Waals surface area (Å²) in [7, 11) is 0. The van der Waals surface area contributed by atoms with E-state index in [2.05, 4.69) is 29.1 Å². The quantitative estimate of drug-likeness (QED) is 0.872. The highest BCUT2D eigenvalue weighted by Crippen LogP contribution is 2.16. The fraction of sp³-hybridized carbons (Fsp3) is 0.154. The Bertz CT molecular complexity index is 523. The molecule has 1 aromatic heterocycles. The highest BCUT2D eigenvalue weighted by atomic mass is 32.1. The fourth-order valence-electron chi connectivity index (χ4n) is 1.46. The van der Waals surface area contributed by atoms with E-state index < -0.39 is 0 Å². The van der Waals surface area contributed by atoms with Gasteiger partial charge in [-0.2, -0.15) is 16.6 Å². The molecule has 0 aliphatic carbocycles. The second kappa shape index (κ2) is 4.82. The number of hydrogen-bond acceptors (Lipinski definition) is 3. The van der Waals surface area contributed by atoms with Crippen molar-refractivity contribution in [2.45, 2.75) is 13.5 Å². The molecule has 80 valence electrons. The molecule has 0 spiro atoms. The van der Waals surface area contributed by atoms with E-state index >= 15 is 0 Å². The zero-order chi connectivity index (χ0) is 11.4. The molecule has 3 heteroatoms. The summed E-state index contributed by atoms with van der Waals surface area (Å²) in [5.41, 5.74) is 4.30. The summed E-state index contributed by atoms with van der Waals surface area (Å²) in [5.74, 6) is 0. The Balaban J connectivity index is 2.05. The highest BCUT2D eigenvalue weighted by Gasteiger charge is 1.99. The molecule has 2 aromatic rings. The molecule has 16 heavy (non-hydrogen) atoms. The Hall–Kier alpha value is -1.79. The van der Waals surface area contributed by atoms with Gasteiger partial charge in [-0.05, 0) is 47.0 Å². The smallest absolute Gasteiger partial charge is 0.0992 e. The maximum atomic E-state index is 8.78. The molecule has 0 aliphatic heterocycles. The molecular weight excluding hydrogens is 216 g/mol. The van der Waals surface area contributed by atoms with Gasteiger partial charge in [-0.25, -0.2) is 0 Å². The second-order valence-corrected chi connectivity index (χ2v) is 4.37. The monoisotopic (exact) mass is 228 g/mol. The number of thiophene rings is 1. The van der Waals surface area contributed by atoms with E-state index in [0.29, 0.717) is 5.56 Å². The number of aryl methyl sites for hydroxylation is 1. The molecule has 0 unspecified atom stereocenters. The SMILES string of the molecule is Cc1cscc1CNc1cccc(C#N)c1. The van der Waals surface area contributed by atoms with Crippen LogP contribution in [0.4, 0.5) is 5.69 Å². The van der Waals surface area contributed by atoms with E-state index in [1.807, 2.05) is 18.2 Å². The summed E-state index contributed by atoms with van der Waals surface area (Å²) in [6, 6.07) is 9.67. The van der Waals surface area contributed by atoms with Gasteiger partial charge in [0, 0.05) is 12.2 Å². The van der Waals surface area contributed by atoms with Crippen LogP contribution in [0.5, 0.6) is 0 Å². The van der Waals surface area contributed by atoms with Gasteiger partial charge >= 0.3 is 0 Å². The van der Waals surface area contributed by atoms with E-state index in [-0.39, 0.29) is 0 Å². The zero-order valence-corrected chi connectivity index (χ0v) is 9.84. The van der Waals surface area contributed by atoms with Crippen LogP contribution in [0.3, 0.4) is 0 Å². The summed E-state index contributed by atoms with van der Waals surface area (Å²) in [5, 5.41) is 16.4. The molecule has 1 N–H and O–H groups in total. The molecule has 1 heterocycles. The summed E-state index contributed by atoms with van der Waals surface area (Å²) in [6.07, 6.45) is 0. The summed E-state index contributed by atoms with van der Waals surface area (Å²) in [6.45, 7) is 2.92. The minimum Gasteiger partial charge on any atom is -0.381 e. The Kier molecular flexibility index (Phi) is 3.23. The summed E-state index contributed by atoms with van der Waals surface area (Å²) in [4.78, 5) is 0. The van der Waals surface area contributed by atoms with Crippen LogP contribution in [0, 0.1) is 18.3 Å². The van der Waals surface area contributed by atoms with E-state index in [4.69, 9.17) is 5.26 Å². The van der Waals surface area contributed by atoms with Gasteiger partial charge in [0.1, 0.15) is 0 Å². The molecule has 0 amide bonds. The lowest BCUT2D eigenvalue weighted by Gasteiger charge is -2.06. The van der Waals surface area contributed by atoms with Crippen molar-refractivity contribution in [1.82, 2.24) is 0 Å². The van der Waals surface area contributed by atoms with E-state index in [1.54, 1.807) is 17.4 Å². The minimum atomic E-state index is 0.687. The van der Waals surface area contributed by atoms with Crippen LogP contribution in [0.15, 0.2) is 35.0 Å². The maximum Gasteiger partial charge on any atom is 0.0992 e. The first kappa shape index (κ1) is 10.7. The largest absolute Gasteiger partial charge is 0.381 e. The van der Waals surface area contributed by atoms with Gasteiger partial charge < -0.3 is 5.32 Å². The van der Waals surface area contributed by atoms with Gasteiger partial charge in [-0.1, -0.05) is 6.07 Å². The highest BCUT2D eigenvalue weighted by molar-refractivity contribution is 7.08. The van der Waals surface area contributed by atoms with Gasteiger partial charge in [0.05, 0.1) is 11.6 Å². The van der Waals surface area contributed by atoms with Gasteiger partial charge in [0.15, 0.2) is 0 Å². The molecule has 0 saturated carbocycles. The van der Waals surface area contributed by atoms with Crippen LogP contribution in [0.25, 0.3) is 0 Å². The van der Waals surface area contributed by atoms with E-state index in [9.17, 15) is 0 Å². The van der Waals surface area contributed by atoms with Crippen LogP contribution in [0.2, 0.25) is 0 Å². The van der Waals surface area contributed by atoms with Crippen molar-refractivity contribution in [3.63, 3.8) is 0 Å². The Labute approximate surface area is 99.2 Å². The minimum absolute atomic E-state index is 0.687. The van der Waals surface area contributed by atoms with Gasteiger partial charge in [-0.3, -0.25) is 0 Å². The predicted molar refractivity (Wildman–Crippen MR) is 67.5 cm³/mol. The number of nitrogens with zero attached hydrogens (tertiary/aromatic N) is 1. The maximum absolute atomic E-state index is 8.78. The standard InChI is InChI=1S/C13H12N2S/c1-10-8-16-9-12(10)7-15-13-4-2-3-11(5-13)6-14/h2-5,8-9,15H,7H2,1H3. The summed E-state index contributed by atoms with van der Waals surface area (Å²) < 4.78 is 0. The molecule has 0 saturated heterocycles. The molecule has 2 rings (SSSR count). The molecule has 0 fully saturated rings. The van der Waals surface area contributed by atoms with Crippen molar-refractivity contribution >= 4 is 17.0 Å². The first-order valence-corrected chi connectivity index (χ1v) is 5.99. The number of benzene rings is 1. The first-order valence-electron chi connectivity index (χ1n) is 5.05. The molecule has 0 radical (unpaired) electrons. The molecule has 1 aromatic carbocycles. The van der Waals surface area contributed by atoms with Crippen LogP contribution in [-0.2, 0) is 6.54 Å². The lowest BCUT2D eigenvalue weighted by atomic mass is 10.2. The normalized spacial score (nSPS) is 9.75. The van der Waals surface area contributed by atoms with Crippen LogP contribution < -0.4 is 5.32 Å². The van der Waals surface area contributed by atoms with Crippen molar-refractivity contribution in [1.29, 1.82) is 5.26 Å². The Morgan fingerprint density at radius 3 is 2.94 bits per heavy atom. The van der Waals surface area contributed by atoms with Crippen molar-refractivity contribution in [2.24, 2.45) is 0 Å². The predicted octanol–water partition coefficient (Wildman–Crippen LogP) is 3.54. The average Bonchev–Trinajstić information content (AvgIpc) is 2.72. The number of nitrogens with one attached hydrogen (secondary N) is 1. The third-order valence-electron chi connectivity index (χ3n) is 2.44. The molecule has 2 nitrogen and oxygen atoms in total. The topological polar surface area (TPSA) is 35.8 Å². The molecule has 0 bridgehead atoms. The van der Waals surface area contributed by atoms with Crippen molar-refractivity contribution < 1.29 is 0 Å². The van der Waals surface area contributed by atoms with Crippen molar-refractivity contribution in [2.75, 3.05) is 5.32 Å². The zero-order valence-electron chi connectivity index (χ0n) is 9.03. The van der Waals surface area contributed by atoms with Gasteiger partial charge in [0.2, 0.25) is 0 Å². The lowest BCUT2D eigenvalue weighted by Crippen LogP contribution is -1.99. The lowest BCUT2D eigenvalue weighted by molar-refractivity contribution is 1.14. The van der Waals surface area contributed by atoms with Crippen molar-refractivity contribution in [3.05, 3.63) is 51.7 Å².